The average Bonchev–Trinajstić information content (AvgIpc) is 3.30. The molecule has 0 saturated carbocycles. The minimum absolute atomic E-state index is 0. The van der Waals surface area contributed by atoms with Crippen LogP contribution in [0.3, 0.4) is 0 Å². The van der Waals surface area contributed by atoms with E-state index in [4.69, 9.17) is 0 Å². The van der Waals surface area contributed by atoms with E-state index in [9.17, 15) is 18.0 Å². The second kappa shape index (κ2) is 10.6. The predicted molar refractivity (Wildman–Crippen MR) is 127 cm³/mol. The molecule has 0 N–H and O–H groups in total. The Labute approximate surface area is 199 Å². The van der Waals surface area contributed by atoms with Gasteiger partial charge in [-0.2, -0.15) is 0 Å². The number of likely N-dealkylation sites (tertiary alicyclic amines) is 1. The van der Waals surface area contributed by atoms with Crippen LogP contribution < -0.4 is 0 Å². The molecule has 7 nitrogen and oxygen atoms in total. The van der Waals surface area contributed by atoms with Crippen LogP contribution in [0, 0.1) is 5.92 Å². The number of amides is 2. The molecule has 4 rings (SSSR count). The number of hydrogen-bond acceptors (Lipinski definition) is 5. The van der Waals surface area contributed by atoms with E-state index in [1.54, 1.807) is 0 Å². The predicted octanol–water partition coefficient (Wildman–Crippen LogP) is 3.17. The van der Waals surface area contributed by atoms with Crippen molar-refractivity contribution in [1.29, 1.82) is 0 Å². The van der Waals surface area contributed by atoms with Crippen LogP contribution in [-0.4, -0.2) is 77.8 Å². The maximum absolute atomic E-state index is 13.0. The molecule has 32 heavy (non-hydrogen) atoms. The number of hydrogen-bond donors (Lipinski definition) is 0. The first-order valence-corrected chi connectivity index (χ1v) is 14.3. The maximum Gasteiger partial charge on any atom is 0.241 e. The van der Waals surface area contributed by atoms with Gasteiger partial charge in [-0.25, -0.2) is 12.7 Å². The molecule has 0 spiro atoms. The number of sulfonamides is 1. The molecule has 4 heterocycles. The summed E-state index contributed by atoms with van der Waals surface area (Å²) in [5.41, 5.74) is 0. The van der Waals surface area contributed by atoms with Gasteiger partial charge in [0.1, 0.15) is 0 Å². The highest BCUT2D eigenvalue weighted by atomic mass is 35.5. The molecule has 2 unspecified atom stereocenters. The normalized spacial score (nSPS) is 32.3. The van der Waals surface area contributed by atoms with Crippen molar-refractivity contribution < 1.29 is 18.0 Å². The molecule has 9 heteroatoms. The van der Waals surface area contributed by atoms with Crippen LogP contribution in [0.2, 0.25) is 0 Å². The van der Waals surface area contributed by atoms with E-state index in [0.717, 1.165) is 54.9 Å². The molecule has 0 aromatic heterocycles. The minimum Gasteiger partial charge on any atom is -0.337 e. The molecular formula is C23H40ClN3O4S. The van der Waals surface area contributed by atoms with Crippen LogP contribution in [0.25, 0.3) is 0 Å². The second-order valence-electron chi connectivity index (χ2n) is 10.1. The van der Waals surface area contributed by atoms with Gasteiger partial charge in [0.25, 0.3) is 0 Å². The first-order chi connectivity index (χ1) is 14.8. The van der Waals surface area contributed by atoms with Gasteiger partial charge in [-0.15, -0.1) is 12.4 Å². The third-order valence-electron chi connectivity index (χ3n) is 8.10. The Morgan fingerprint density at radius 2 is 1.72 bits per heavy atom. The summed E-state index contributed by atoms with van der Waals surface area (Å²) in [4.78, 5) is 30.4. The summed E-state index contributed by atoms with van der Waals surface area (Å²) in [6.07, 6.45) is 13.5. The van der Waals surface area contributed by atoms with Gasteiger partial charge in [-0.05, 0) is 57.9 Å². The summed E-state index contributed by atoms with van der Waals surface area (Å²) in [6, 6.07) is 0.946. The lowest BCUT2D eigenvalue weighted by Crippen LogP contribution is -2.43. The van der Waals surface area contributed by atoms with Crippen molar-refractivity contribution in [3.63, 3.8) is 0 Å². The molecule has 4 saturated heterocycles. The summed E-state index contributed by atoms with van der Waals surface area (Å²) in [7, 11) is -3.60. The average molecular weight is 490 g/mol. The molecule has 4 aliphatic rings. The van der Waals surface area contributed by atoms with E-state index < -0.39 is 10.0 Å². The van der Waals surface area contributed by atoms with Crippen molar-refractivity contribution >= 4 is 34.2 Å². The van der Waals surface area contributed by atoms with Crippen LogP contribution in [0.5, 0.6) is 0 Å². The van der Waals surface area contributed by atoms with E-state index in [-0.39, 0.29) is 42.2 Å². The van der Waals surface area contributed by atoms with Gasteiger partial charge in [0.05, 0.1) is 24.3 Å². The van der Waals surface area contributed by atoms with Crippen LogP contribution in [0.1, 0.15) is 84.0 Å². The molecule has 184 valence electrons. The first-order valence-electron chi connectivity index (χ1n) is 12.4. The number of nitrogens with zero attached hydrogens (tertiary/aromatic N) is 3. The van der Waals surface area contributed by atoms with Gasteiger partial charge in [0.2, 0.25) is 21.8 Å². The molecule has 0 aromatic rings. The van der Waals surface area contributed by atoms with E-state index in [1.807, 2.05) is 11.8 Å². The van der Waals surface area contributed by atoms with Crippen molar-refractivity contribution in [1.82, 2.24) is 14.1 Å². The van der Waals surface area contributed by atoms with E-state index in [1.165, 1.54) is 32.1 Å². The lowest BCUT2D eigenvalue weighted by Gasteiger charge is -2.34. The van der Waals surface area contributed by atoms with Crippen molar-refractivity contribution in [2.45, 2.75) is 108 Å². The van der Waals surface area contributed by atoms with E-state index >= 15 is 0 Å². The zero-order valence-electron chi connectivity index (χ0n) is 19.6. The monoisotopic (exact) mass is 489 g/mol. The Morgan fingerprint density at radius 1 is 1.03 bits per heavy atom. The zero-order chi connectivity index (χ0) is 22.2. The fourth-order valence-corrected chi connectivity index (χ4v) is 7.98. The lowest BCUT2D eigenvalue weighted by atomic mass is 9.94. The highest BCUT2D eigenvalue weighted by Crippen LogP contribution is 2.40. The smallest absolute Gasteiger partial charge is 0.241 e. The van der Waals surface area contributed by atoms with Gasteiger partial charge >= 0.3 is 0 Å². The van der Waals surface area contributed by atoms with Crippen molar-refractivity contribution in [2.24, 2.45) is 5.92 Å². The Kier molecular flexibility index (Phi) is 8.53. The quantitative estimate of drug-likeness (QED) is 0.465. The standard InChI is InChI=1S/C23H39N3O4S.ClH/c1-3-8-19-22-20(26(23(19)28)31(2,29)30)14-16-25(22)21(27)11-5-4-6-15-24-17-9-7-10-18(24)13-12-17;/h17-20,22H,3-16H2,1-2H3;1H/t17?,18?,19-,20+,22-;/m1./s1. The van der Waals surface area contributed by atoms with Crippen LogP contribution in [-0.2, 0) is 19.6 Å². The summed E-state index contributed by atoms with van der Waals surface area (Å²) in [5.74, 6) is -0.603. The largest absolute Gasteiger partial charge is 0.337 e. The lowest BCUT2D eigenvalue weighted by molar-refractivity contribution is -0.134. The topological polar surface area (TPSA) is 78.0 Å². The van der Waals surface area contributed by atoms with Crippen molar-refractivity contribution in [3.8, 4) is 0 Å². The summed E-state index contributed by atoms with van der Waals surface area (Å²) in [6.45, 7) is 3.72. The molecular weight excluding hydrogens is 450 g/mol. The second-order valence-corrected chi connectivity index (χ2v) is 11.9. The van der Waals surface area contributed by atoms with Crippen LogP contribution >= 0.6 is 12.4 Å². The molecule has 2 bridgehead atoms. The SMILES string of the molecule is CCC[C@H]1C(=O)N(S(C)(=O)=O)[C@H]2CCN(C(=O)CCCCCN3C4CCCC3CC4)[C@H]12.Cl. The third kappa shape index (κ3) is 4.97. The van der Waals surface area contributed by atoms with Gasteiger partial charge in [-0.1, -0.05) is 26.2 Å². The molecule has 0 aliphatic carbocycles. The Hall–Kier alpha value is -0.860. The Balaban J connectivity index is 0.00000289. The van der Waals surface area contributed by atoms with E-state index in [2.05, 4.69) is 4.90 Å². The number of fused-ring (bicyclic) bond motifs is 3. The highest BCUT2D eigenvalue weighted by Gasteiger charge is 2.56. The maximum atomic E-state index is 13.0. The summed E-state index contributed by atoms with van der Waals surface area (Å²) >= 11 is 0. The highest BCUT2D eigenvalue weighted by molar-refractivity contribution is 7.88. The molecule has 2 amide bonds. The van der Waals surface area contributed by atoms with E-state index in [0.29, 0.717) is 25.8 Å². The number of rotatable bonds is 9. The van der Waals surface area contributed by atoms with Gasteiger partial charge in [0.15, 0.2) is 0 Å². The number of carbonyl (C=O) groups is 2. The van der Waals surface area contributed by atoms with Crippen molar-refractivity contribution in [2.75, 3.05) is 19.3 Å². The molecule has 0 aromatic carbocycles. The molecule has 4 aliphatic heterocycles. The van der Waals surface area contributed by atoms with Crippen LogP contribution in [0.15, 0.2) is 0 Å². The number of carbonyl (C=O) groups excluding carboxylic acids is 2. The van der Waals surface area contributed by atoms with Crippen LogP contribution in [0.4, 0.5) is 0 Å². The zero-order valence-corrected chi connectivity index (χ0v) is 21.2. The number of halogens is 1. The summed E-state index contributed by atoms with van der Waals surface area (Å²) in [5, 5.41) is 0. The third-order valence-corrected chi connectivity index (χ3v) is 9.26. The van der Waals surface area contributed by atoms with Gasteiger partial charge < -0.3 is 4.90 Å². The molecule has 5 atom stereocenters. The molecule has 4 fully saturated rings. The minimum atomic E-state index is -3.60. The first kappa shape index (κ1) is 25.8. The van der Waals surface area contributed by atoms with Gasteiger partial charge in [-0.3, -0.25) is 14.5 Å². The Morgan fingerprint density at radius 3 is 2.34 bits per heavy atom. The summed E-state index contributed by atoms with van der Waals surface area (Å²) < 4.78 is 25.6. The van der Waals surface area contributed by atoms with Crippen molar-refractivity contribution in [3.05, 3.63) is 0 Å². The number of unbranched alkanes of at least 4 members (excludes halogenated alkanes) is 2. The number of piperidine rings is 1. The molecule has 0 radical (unpaired) electrons. The fourth-order valence-electron chi connectivity index (χ4n) is 6.80. The Bertz CT molecular complexity index is 776. The van der Waals surface area contributed by atoms with Gasteiger partial charge in [0, 0.05) is 25.0 Å². The fraction of sp³-hybridized carbons (Fsp3) is 0.913.